The van der Waals surface area contributed by atoms with Gasteiger partial charge >= 0.3 is 12.1 Å². The number of hydrogen-bond acceptors (Lipinski definition) is 12. The monoisotopic (exact) mass is 1310 g/mol. The molecule has 1 saturated carbocycles. The van der Waals surface area contributed by atoms with Crippen molar-refractivity contribution in [3.63, 3.8) is 0 Å². The van der Waals surface area contributed by atoms with Gasteiger partial charge in [-0.05, 0) is 160 Å². The molecule has 1 aliphatic carbocycles. The standard InChI is InChI=1S/C72H96N10O11S/c1-10-47-40-82(58-36-44(6)50-22-17-18-23-52(50)63(47)58)67(88)56-38-53-51-31-34-80(57(51)30-29-54(53)76-56)70(91)92-41-46-25-27-49(28-26-46)75-65(86)55(24-19-33-74-69(73)90)77-66(87)64(43(4)5)78-61(84)37-45(7)93-42-71(8,9)79-60(83)32-35-81-62(85)39-59(68(81)89)94-72(11-2,12-3)48-20-15-13-14-16-21-48/h17-18,22-23,25-30,36,38-39,43,45,47-48,55,64,76,85,89H,10-16,19-21,24,31-35,37,40-42H2,1-9H3,(H,75,86)(H,77,87)(H,78,84)(H,79,83)(H3,73,74,90). The van der Waals surface area contributed by atoms with Gasteiger partial charge in [0, 0.05) is 71.6 Å². The van der Waals surface area contributed by atoms with Crippen LogP contribution >= 0.6 is 11.8 Å². The number of anilines is 3. The fourth-order valence-electron chi connectivity index (χ4n) is 13.9. The molecule has 506 valence electrons. The lowest BCUT2D eigenvalue weighted by atomic mass is 9.81. The molecule has 4 heterocycles. The van der Waals surface area contributed by atoms with Gasteiger partial charge in [0.2, 0.25) is 29.5 Å². The van der Waals surface area contributed by atoms with Gasteiger partial charge in [0.15, 0.2) is 5.88 Å². The predicted molar refractivity (Wildman–Crippen MR) is 369 cm³/mol. The number of benzene rings is 4. The molecule has 6 aromatic rings. The minimum Gasteiger partial charge on any atom is -0.494 e. The molecule has 0 radical (unpaired) electrons. The van der Waals surface area contributed by atoms with Crippen molar-refractivity contribution in [2.75, 3.05) is 41.4 Å². The summed E-state index contributed by atoms with van der Waals surface area (Å²) in [5, 5.41) is 39.5. The first kappa shape index (κ1) is 70.1. The summed E-state index contributed by atoms with van der Waals surface area (Å²) in [7, 11) is 0. The van der Waals surface area contributed by atoms with E-state index in [1.54, 1.807) is 81.6 Å². The Bertz CT molecular complexity index is 3720. The Balaban J connectivity index is 0.739. The molecule has 0 bridgehead atoms. The first-order valence-corrected chi connectivity index (χ1v) is 34.4. The zero-order valence-electron chi connectivity index (χ0n) is 56.0. The number of thioether (sulfide) groups is 1. The van der Waals surface area contributed by atoms with Gasteiger partial charge in [0.1, 0.15) is 24.4 Å². The van der Waals surface area contributed by atoms with Gasteiger partial charge in [-0.1, -0.05) is 96.7 Å². The highest BCUT2D eigenvalue weighted by atomic mass is 32.2. The lowest BCUT2D eigenvalue weighted by Gasteiger charge is -2.39. The Hall–Kier alpha value is -8.24. The number of aryl methyl sites for hydroxylation is 1. The Morgan fingerprint density at radius 2 is 1.53 bits per heavy atom. The van der Waals surface area contributed by atoms with E-state index >= 15 is 0 Å². The van der Waals surface area contributed by atoms with Crippen molar-refractivity contribution in [1.82, 2.24) is 30.8 Å². The van der Waals surface area contributed by atoms with Gasteiger partial charge in [-0.25, -0.2) is 9.59 Å². The maximum absolute atomic E-state index is 14.4. The number of nitrogens with zero attached hydrogens (tertiary/aromatic N) is 3. The molecule has 4 unspecified atom stereocenters. The molecule has 4 aromatic carbocycles. The predicted octanol–water partition coefficient (Wildman–Crippen LogP) is 12.1. The van der Waals surface area contributed by atoms with Crippen molar-refractivity contribution in [3.05, 3.63) is 107 Å². The first-order chi connectivity index (χ1) is 44.9. The van der Waals surface area contributed by atoms with E-state index in [1.165, 1.54) is 46.6 Å². The summed E-state index contributed by atoms with van der Waals surface area (Å²) in [4.78, 5) is 102. The number of amides is 8. The molecule has 2 aromatic heterocycles. The number of nitrogens with two attached hydrogens (primary N) is 1. The normalized spacial score (nSPS) is 16.1. The minimum atomic E-state index is -1.09. The molecule has 21 nitrogen and oxygen atoms in total. The number of carbonyl (C=O) groups excluding carboxylic acids is 7. The molecule has 0 saturated heterocycles. The summed E-state index contributed by atoms with van der Waals surface area (Å²) in [6, 6.07) is 21.7. The number of aromatic amines is 1. The number of aromatic hydroxyl groups is 2. The average Bonchev–Trinajstić information content (AvgIpc) is 1.58. The van der Waals surface area contributed by atoms with Crippen molar-refractivity contribution in [1.29, 1.82) is 0 Å². The third-order valence-corrected chi connectivity index (χ3v) is 21.0. The summed E-state index contributed by atoms with van der Waals surface area (Å²) in [5.41, 5.74) is 11.7. The van der Waals surface area contributed by atoms with Crippen LogP contribution in [-0.2, 0) is 48.2 Å². The molecular formula is C72H96N10O11S. The highest BCUT2D eigenvalue weighted by molar-refractivity contribution is 8.00. The van der Waals surface area contributed by atoms with E-state index in [2.05, 4.69) is 83.5 Å². The highest BCUT2D eigenvalue weighted by Crippen LogP contribution is 2.52. The van der Waals surface area contributed by atoms with E-state index in [-0.39, 0.29) is 86.2 Å². The fourth-order valence-corrected chi connectivity index (χ4v) is 15.4. The first-order valence-electron chi connectivity index (χ1n) is 33.6. The van der Waals surface area contributed by atoms with Crippen molar-refractivity contribution in [2.45, 2.75) is 205 Å². The second-order valence-electron chi connectivity index (χ2n) is 26.7. The minimum absolute atomic E-state index is 0.0200. The van der Waals surface area contributed by atoms with Gasteiger partial charge in [-0.2, -0.15) is 0 Å². The largest absolute Gasteiger partial charge is 0.494 e. The van der Waals surface area contributed by atoms with Crippen LogP contribution in [0.2, 0.25) is 0 Å². The smallest absolute Gasteiger partial charge is 0.414 e. The topological polar surface area (TPSA) is 292 Å². The van der Waals surface area contributed by atoms with Crippen molar-refractivity contribution in [3.8, 4) is 11.8 Å². The maximum Gasteiger partial charge on any atom is 0.414 e. The van der Waals surface area contributed by atoms with E-state index < -0.39 is 59.5 Å². The molecule has 9 rings (SSSR count). The summed E-state index contributed by atoms with van der Waals surface area (Å²) in [6.45, 7) is 18.7. The number of H-pyrrole nitrogens is 1. The third kappa shape index (κ3) is 16.4. The third-order valence-electron chi connectivity index (χ3n) is 19.1. The van der Waals surface area contributed by atoms with Gasteiger partial charge in [0.25, 0.3) is 5.91 Å². The lowest BCUT2D eigenvalue weighted by Crippen LogP contribution is -2.55. The highest BCUT2D eigenvalue weighted by Gasteiger charge is 2.40. The quantitative estimate of drug-likeness (QED) is 0.0126. The number of hydrogen-bond donors (Lipinski definition) is 9. The number of fused-ring (bicyclic) bond motifs is 6. The molecule has 0 spiro atoms. The van der Waals surface area contributed by atoms with E-state index in [1.807, 2.05) is 29.2 Å². The van der Waals surface area contributed by atoms with E-state index in [0.29, 0.717) is 53.0 Å². The van der Waals surface area contributed by atoms with Crippen LogP contribution in [-0.4, -0.2) is 116 Å². The molecule has 1 fully saturated rings. The number of primary amides is 1. The van der Waals surface area contributed by atoms with Crippen LogP contribution < -0.4 is 42.1 Å². The molecule has 22 heteroatoms. The lowest BCUT2D eigenvalue weighted by molar-refractivity contribution is -0.133. The molecule has 3 aliphatic rings. The van der Waals surface area contributed by atoms with Crippen LogP contribution in [0.15, 0.2) is 83.8 Å². The number of aromatic nitrogens is 2. The zero-order chi connectivity index (χ0) is 67.6. The van der Waals surface area contributed by atoms with Gasteiger partial charge < -0.3 is 61.9 Å². The van der Waals surface area contributed by atoms with E-state index in [9.17, 15) is 43.8 Å². The van der Waals surface area contributed by atoms with Gasteiger partial charge in [-0.3, -0.25) is 33.4 Å². The summed E-state index contributed by atoms with van der Waals surface area (Å²) in [5.74, 6) is -1.85. The van der Waals surface area contributed by atoms with Gasteiger partial charge in [-0.15, -0.1) is 11.8 Å². The number of nitrogens with one attached hydrogen (secondary N) is 6. The number of carbonyl (C=O) groups is 7. The number of ether oxygens (including phenoxy) is 2. The summed E-state index contributed by atoms with van der Waals surface area (Å²) >= 11 is 1.65. The molecule has 94 heavy (non-hydrogen) atoms. The van der Waals surface area contributed by atoms with Crippen molar-refractivity contribution in [2.24, 2.45) is 17.6 Å². The molecule has 4 atom stereocenters. The summed E-state index contributed by atoms with van der Waals surface area (Å²) in [6.07, 6.45) is 9.67. The summed E-state index contributed by atoms with van der Waals surface area (Å²) < 4.78 is 13.2. The molecule has 2 aliphatic heterocycles. The van der Waals surface area contributed by atoms with E-state index in [0.717, 1.165) is 59.8 Å². The van der Waals surface area contributed by atoms with Crippen LogP contribution in [0.3, 0.4) is 0 Å². The second-order valence-corrected chi connectivity index (χ2v) is 28.2. The van der Waals surface area contributed by atoms with Crippen LogP contribution in [0.25, 0.3) is 21.7 Å². The van der Waals surface area contributed by atoms with Crippen LogP contribution in [0.4, 0.5) is 26.7 Å². The Morgan fingerprint density at radius 3 is 2.21 bits per heavy atom. The number of urea groups is 1. The van der Waals surface area contributed by atoms with Gasteiger partial charge in [0.05, 0.1) is 35.3 Å². The Morgan fingerprint density at radius 1 is 0.819 bits per heavy atom. The molecule has 8 amide bonds. The fraction of sp³-hybridized carbons (Fsp3) is 0.514. The van der Waals surface area contributed by atoms with Crippen LogP contribution in [0.5, 0.6) is 11.8 Å². The maximum atomic E-state index is 14.4. The van der Waals surface area contributed by atoms with E-state index in [4.69, 9.17) is 15.2 Å². The SMILES string of the molecule is CCC1CN(C(=O)c2cc3c4c(ccc3[nH]2)N(C(=O)OCc2ccc(NC(=O)C(CCCNC(N)=O)NC(=O)C(NC(=O)CC(C)OCC(C)(C)NC(=O)CCn3c(O)cc(SC(CC)(CC)C5CCCCCC5)c3O)C(C)C)cc2)CC4)c2cc(C)c3ccccc3c21. The van der Waals surface area contributed by atoms with Crippen LogP contribution in [0, 0.1) is 18.8 Å². The Labute approximate surface area is 555 Å². The average molecular weight is 1310 g/mol. The van der Waals surface area contributed by atoms with Crippen molar-refractivity contribution >= 4 is 92.2 Å². The number of rotatable bonds is 28. The van der Waals surface area contributed by atoms with Crippen molar-refractivity contribution < 1.29 is 53.2 Å². The van der Waals surface area contributed by atoms with Crippen LogP contribution in [0.1, 0.15) is 178 Å². The Kier molecular flexibility index (Phi) is 23.0. The molecule has 10 N–H and O–H groups in total. The molecular weight excluding hydrogens is 1210 g/mol. The second kappa shape index (κ2) is 30.9. The zero-order valence-corrected chi connectivity index (χ0v) is 56.8.